The maximum absolute atomic E-state index is 5.58. The lowest BCUT2D eigenvalue weighted by Gasteiger charge is -2.29. The van der Waals surface area contributed by atoms with Crippen molar-refractivity contribution in [2.45, 2.75) is 32.7 Å². The van der Waals surface area contributed by atoms with E-state index in [0.717, 1.165) is 37.8 Å². The van der Waals surface area contributed by atoms with E-state index in [1.807, 2.05) is 0 Å². The molecule has 1 aromatic rings. The minimum Gasteiger partial charge on any atom is -0.493 e. The van der Waals surface area contributed by atoms with Crippen molar-refractivity contribution in [3.05, 3.63) is 29.3 Å². The molecule has 1 fully saturated rings. The Bertz CT molecular complexity index is 441. The van der Waals surface area contributed by atoms with E-state index in [0.29, 0.717) is 0 Å². The van der Waals surface area contributed by atoms with Crippen molar-refractivity contribution < 1.29 is 4.74 Å². The first kappa shape index (κ1) is 13.9. The molecule has 0 aromatic heterocycles. The summed E-state index contributed by atoms with van der Waals surface area (Å²) in [4.78, 5) is 2.58. The molecule has 0 amide bonds. The molecule has 1 unspecified atom stereocenters. The molecule has 110 valence electrons. The van der Waals surface area contributed by atoms with E-state index in [2.05, 4.69) is 35.3 Å². The van der Waals surface area contributed by atoms with Crippen LogP contribution < -0.4 is 10.1 Å². The van der Waals surface area contributed by atoms with Gasteiger partial charge in [-0.3, -0.25) is 4.90 Å². The summed E-state index contributed by atoms with van der Waals surface area (Å²) in [6.45, 7) is 8.93. The van der Waals surface area contributed by atoms with Crippen LogP contribution in [0.2, 0.25) is 0 Å². The third kappa shape index (κ3) is 3.33. The topological polar surface area (TPSA) is 24.5 Å². The molecular weight excluding hydrogens is 248 g/mol. The van der Waals surface area contributed by atoms with Gasteiger partial charge in [0.2, 0.25) is 0 Å². The summed E-state index contributed by atoms with van der Waals surface area (Å²) in [5.41, 5.74) is 2.82. The van der Waals surface area contributed by atoms with Crippen molar-refractivity contribution in [2.24, 2.45) is 5.92 Å². The predicted octanol–water partition coefficient (Wildman–Crippen LogP) is 2.44. The van der Waals surface area contributed by atoms with Crippen LogP contribution >= 0.6 is 0 Å². The van der Waals surface area contributed by atoms with Gasteiger partial charge in [-0.15, -0.1) is 0 Å². The largest absolute Gasteiger partial charge is 0.493 e. The average Bonchev–Trinajstić information content (AvgIpc) is 2.95. The summed E-state index contributed by atoms with van der Waals surface area (Å²) >= 11 is 0. The normalized spacial score (nSPS) is 21.8. The Morgan fingerprint density at radius 1 is 1.40 bits per heavy atom. The smallest absolute Gasteiger partial charge is 0.122 e. The molecular formula is C17H26N2O. The molecule has 0 spiro atoms. The number of hydrogen-bond acceptors (Lipinski definition) is 3. The Hall–Kier alpha value is -1.06. The molecule has 3 rings (SSSR count). The number of piperidine rings is 1. The van der Waals surface area contributed by atoms with Gasteiger partial charge in [0, 0.05) is 19.5 Å². The van der Waals surface area contributed by atoms with Gasteiger partial charge in [-0.05, 0) is 55.6 Å². The molecule has 1 atom stereocenters. The second-order valence-corrected chi connectivity index (χ2v) is 6.08. The van der Waals surface area contributed by atoms with Crippen molar-refractivity contribution in [3.63, 3.8) is 0 Å². The SMILES string of the molecule is CCN(Cc1ccc2c(c1)CCO2)CC1CCCNC1. The molecule has 2 heterocycles. The quantitative estimate of drug-likeness (QED) is 0.892. The minimum atomic E-state index is 0.821. The van der Waals surface area contributed by atoms with Crippen molar-refractivity contribution >= 4 is 0 Å². The van der Waals surface area contributed by atoms with E-state index in [1.165, 1.54) is 43.6 Å². The molecule has 2 aliphatic rings. The standard InChI is InChI=1S/C17H26N2O/c1-2-19(13-15-4-3-8-18-11-15)12-14-5-6-17-16(10-14)7-9-20-17/h5-6,10,15,18H,2-4,7-9,11-13H2,1H3. The van der Waals surface area contributed by atoms with Crippen molar-refractivity contribution in [3.8, 4) is 5.75 Å². The monoisotopic (exact) mass is 274 g/mol. The number of benzene rings is 1. The fraction of sp³-hybridized carbons (Fsp3) is 0.647. The Morgan fingerprint density at radius 3 is 3.15 bits per heavy atom. The summed E-state index contributed by atoms with van der Waals surface area (Å²) in [6.07, 6.45) is 3.78. The van der Waals surface area contributed by atoms with Crippen molar-refractivity contribution in [2.75, 3.05) is 32.8 Å². The van der Waals surface area contributed by atoms with Crippen LogP contribution in [0.1, 0.15) is 30.9 Å². The average molecular weight is 274 g/mol. The van der Waals surface area contributed by atoms with Crippen LogP contribution in [-0.4, -0.2) is 37.7 Å². The lowest BCUT2D eigenvalue weighted by atomic mass is 9.98. The van der Waals surface area contributed by atoms with E-state index in [9.17, 15) is 0 Å². The van der Waals surface area contributed by atoms with Crippen LogP contribution in [0.4, 0.5) is 0 Å². The Kier molecular flexibility index (Phi) is 4.58. The third-order valence-electron chi connectivity index (χ3n) is 4.52. The van der Waals surface area contributed by atoms with Gasteiger partial charge < -0.3 is 10.1 Å². The molecule has 0 saturated carbocycles. The Morgan fingerprint density at radius 2 is 2.35 bits per heavy atom. The number of nitrogens with zero attached hydrogens (tertiary/aromatic N) is 1. The molecule has 3 heteroatoms. The first-order valence-electron chi connectivity index (χ1n) is 8.03. The molecule has 1 aromatic carbocycles. The number of ether oxygens (including phenoxy) is 1. The second kappa shape index (κ2) is 6.59. The summed E-state index contributed by atoms with van der Waals surface area (Å²) < 4.78 is 5.58. The summed E-state index contributed by atoms with van der Waals surface area (Å²) in [6, 6.07) is 6.71. The van der Waals surface area contributed by atoms with Crippen LogP contribution in [0.3, 0.4) is 0 Å². The number of hydrogen-bond donors (Lipinski definition) is 1. The zero-order valence-corrected chi connectivity index (χ0v) is 12.5. The Balaban J connectivity index is 1.59. The summed E-state index contributed by atoms with van der Waals surface area (Å²) in [5, 5.41) is 3.52. The fourth-order valence-electron chi connectivity index (χ4n) is 3.35. The maximum Gasteiger partial charge on any atom is 0.122 e. The van der Waals surface area contributed by atoms with Crippen molar-refractivity contribution in [1.29, 1.82) is 0 Å². The van der Waals surface area contributed by atoms with Gasteiger partial charge in [-0.2, -0.15) is 0 Å². The highest BCUT2D eigenvalue weighted by molar-refractivity contribution is 5.39. The van der Waals surface area contributed by atoms with Gasteiger partial charge in [-0.25, -0.2) is 0 Å². The van der Waals surface area contributed by atoms with E-state index in [4.69, 9.17) is 4.74 Å². The summed E-state index contributed by atoms with van der Waals surface area (Å²) in [7, 11) is 0. The zero-order chi connectivity index (χ0) is 13.8. The van der Waals surface area contributed by atoms with Gasteiger partial charge in [0.05, 0.1) is 6.61 Å². The predicted molar refractivity (Wildman–Crippen MR) is 82.2 cm³/mol. The highest BCUT2D eigenvalue weighted by Crippen LogP contribution is 2.26. The minimum absolute atomic E-state index is 0.821. The highest BCUT2D eigenvalue weighted by Gasteiger charge is 2.17. The zero-order valence-electron chi connectivity index (χ0n) is 12.5. The lowest BCUT2D eigenvalue weighted by molar-refractivity contribution is 0.209. The van der Waals surface area contributed by atoms with Gasteiger partial charge >= 0.3 is 0 Å². The molecule has 0 bridgehead atoms. The van der Waals surface area contributed by atoms with Crippen LogP contribution in [0.15, 0.2) is 18.2 Å². The molecule has 1 saturated heterocycles. The number of rotatable bonds is 5. The van der Waals surface area contributed by atoms with Crippen LogP contribution in [0, 0.1) is 5.92 Å². The van der Waals surface area contributed by atoms with E-state index in [1.54, 1.807) is 0 Å². The molecule has 1 N–H and O–H groups in total. The second-order valence-electron chi connectivity index (χ2n) is 6.08. The van der Waals surface area contributed by atoms with Crippen LogP contribution in [0.5, 0.6) is 5.75 Å². The van der Waals surface area contributed by atoms with E-state index >= 15 is 0 Å². The fourth-order valence-corrected chi connectivity index (χ4v) is 3.35. The molecule has 0 aliphatic carbocycles. The van der Waals surface area contributed by atoms with E-state index < -0.39 is 0 Å². The highest BCUT2D eigenvalue weighted by atomic mass is 16.5. The first-order chi connectivity index (χ1) is 9.85. The number of nitrogens with one attached hydrogen (secondary N) is 1. The number of fused-ring (bicyclic) bond motifs is 1. The first-order valence-corrected chi connectivity index (χ1v) is 8.03. The Labute approximate surface area is 122 Å². The van der Waals surface area contributed by atoms with Crippen LogP contribution in [-0.2, 0) is 13.0 Å². The van der Waals surface area contributed by atoms with Gasteiger partial charge in [0.15, 0.2) is 0 Å². The maximum atomic E-state index is 5.58. The lowest BCUT2D eigenvalue weighted by Crippen LogP contribution is -2.38. The van der Waals surface area contributed by atoms with Crippen LogP contribution in [0.25, 0.3) is 0 Å². The van der Waals surface area contributed by atoms with Crippen molar-refractivity contribution in [1.82, 2.24) is 10.2 Å². The van der Waals surface area contributed by atoms with Gasteiger partial charge in [0.25, 0.3) is 0 Å². The summed E-state index contributed by atoms with van der Waals surface area (Å²) in [5.74, 6) is 1.91. The third-order valence-corrected chi connectivity index (χ3v) is 4.52. The molecule has 20 heavy (non-hydrogen) atoms. The van der Waals surface area contributed by atoms with Gasteiger partial charge in [-0.1, -0.05) is 19.1 Å². The van der Waals surface area contributed by atoms with Gasteiger partial charge in [0.1, 0.15) is 5.75 Å². The molecule has 2 aliphatic heterocycles. The molecule has 0 radical (unpaired) electrons. The van der Waals surface area contributed by atoms with E-state index in [-0.39, 0.29) is 0 Å². The molecule has 3 nitrogen and oxygen atoms in total.